The molecule has 0 spiro atoms. The van der Waals surface area contributed by atoms with Crippen LogP contribution in [0.15, 0.2) is 48.5 Å². The Morgan fingerprint density at radius 2 is 1.61 bits per heavy atom. The molecule has 1 N–H and O–H groups in total. The number of carbonyl (C=O) groups is 2. The molecule has 164 valence electrons. The molecule has 2 aromatic carbocycles. The van der Waals surface area contributed by atoms with Crippen molar-refractivity contribution >= 4 is 12.1 Å². The van der Waals surface area contributed by atoms with Gasteiger partial charge in [0.15, 0.2) is 0 Å². The van der Waals surface area contributed by atoms with Crippen LogP contribution in [0.2, 0.25) is 0 Å². The zero-order valence-electron chi connectivity index (χ0n) is 18.5. The standard InChI is InChI=1S/C26H31NO4/c1-17(2)27(26(3,24(28)29)15-18-9-8-10-18)25(30)31-16-23-21-13-6-4-11-19(21)20-12-5-7-14-22(20)23/h4-7,11-14,17-18,23H,8-10,15-16H2,1-3H3,(H,28,29). The average Bonchev–Trinajstić information content (AvgIpc) is 3.03. The lowest BCUT2D eigenvalue weighted by Crippen LogP contribution is -2.59. The SMILES string of the molecule is CC(C)N(C(=O)OCC1c2ccccc2-c2ccccc21)C(C)(CC1CCC1)C(=O)O. The van der Waals surface area contributed by atoms with Crippen LogP contribution in [0.3, 0.4) is 0 Å². The summed E-state index contributed by atoms with van der Waals surface area (Å²) in [6.45, 7) is 5.55. The molecule has 31 heavy (non-hydrogen) atoms. The van der Waals surface area contributed by atoms with Crippen LogP contribution in [0, 0.1) is 5.92 Å². The highest BCUT2D eigenvalue weighted by atomic mass is 16.6. The molecular weight excluding hydrogens is 390 g/mol. The van der Waals surface area contributed by atoms with Gasteiger partial charge in [-0.15, -0.1) is 0 Å². The van der Waals surface area contributed by atoms with Crippen LogP contribution in [0.25, 0.3) is 11.1 Å². The number of hydrogen-bond donors (Lipinski definition) is 1. The van der Waals surface area contributed by atoms with Gasteiger partial charge in [-0.1, -0.05) is 67.8 Å². The van der Waals surface area contributed by atoms with Crippen molar-refractivity contribution in [3.63, 3.8) is 0 Å². The number of hydrogen-bond acceptors (Lipinski definition) is 3. The molecule has 1 fully saturated rings. The molecule has 2 aliphatic carbocycles. The molecule has 2 aromatic rings. The summed E-state index contributed by atoms with van der Waals surface area (Å²) in [5.41, 5.74) is 3.34. The van der Waals surface area contributed by atoms with Crippen molar-refractivity contribution in [1.29, 1.82) is 0 Å². The van der Waals surface area contributed by atoms with Crippen LogP contribution < -0.4 is 0 Å². The summed E-state index contributed by atoms with van der Waals surface area (Å²) >= 11 is 0. The summed E-state index contributed by atoms with van der Waals surface area (Å²) in [6, 6.07) is 16.1. The second kappa shape index (κ2) is 8.37. The normalized spacial score (nSPS) is 17.4. The number of rotatable bonds is 7. The Kier molecular flexibility index (Phi) is 5.78. The lowest BCUT2D eigenvalue weighted by Gasteiger charge is -2.43. The third-order valence-corrected chi connectivity index (χ3v) is 6.95. The van der Waals surface area contributed by atoms with Crippen molar-refractivity contribution in [1.82, 2.24) is 4.90 Å². The van der Waals surface area contributed by atoms with Gasteiger partial charge >= 0.3 is 12.1 Å². The zero-order valence-corrected chi connectivity index (χ0v) is 18.5. The van der Waals surface area contributed by atoms with Crippen LogP contribution in [0.1, 0.15) is 63.5 Å². The number of carbonyl (C=O) groups excluding carboxylic acids is 1. The van der Waals surface area contributed by atoms with E-state index >= 15 is 0 Å². The van der Waals surface area contributed by atoms with E-state index in [2.05, 4.69) is 24.3 Å². The molecule has 1 saturated carbocycles. The predicted molar refractivity (Wildman–Crippen MR) is 120 cm³/mol. The Hall–Kier alpha value is -2.82. The summed E-state index contributed by atoms with van der Waals surface area (Å²) in [7, 11) is 0. The van der Waals surface area contributed by atoms with Gasteiger partial charge in [0.05, 0.1) is 0 Å². The molecule has 0 heterocycles. The van der Waals surface area contributed by atoms with E-state index in [0.29, 0.717) is 12.3 Å². The van der Waals surface area contributed by atoms with Crippen molar-refractivity contribution in [2.75, 3.05) is 6.61 Å². The van der Waals surface area contributed by atoms with Crippen LogP contribution >= 0.6 is 0 Å². The van der Waals surface area contributed by atoms with E-state index in [1.807, 2.05) is 38.1 Å². The van der Waals surface area contributed by atoms with Gasteiger partial charge < -0.3 is 9.84 Å². The van der Waals surface area contributed by atoms with Crippen molar-refractivity contribution in [3.05, 3.63) is 59.7 Å². The first-order valence-electron chi connectivity index (χ1n) is 11.2. The number of ether oxygens (including phenoxy) is 1. The van der Waals surface area contributed by atoms with Crippen molar-refractivity contribution in [2.24, 2.45) is 5.92 Å². The lowest BCUT2D eigenvalue weighted by molar-refractivity contribution is -0.152. The molecule has 1 atom stereocenters. The largest absolute Gasteiger partial charge is 0.480 e. The molecular formula is C26H31NO4. The highest BCUT2D eigenvalue weighted by molar-refractivity contribution is 5.84. The minimum Gasteiger partial charge on any atom is -0.480 e. The quantitative estimate of drug-likeness (QED) is 0.625. The topological polar surface area (TPSA) is 66.8 Å². The molecule has 0 aromatic heterocycles. The second-order valence-corrected chi connectivity index (χ2v) is 9.35. The summed E-state index contributed by atoms with van der Waals surface area (Å²) in [5, 5.41) is 10.1. The maximum atomic E-state index is 13.2. The first kappa shape index (κ1) is 21.4. The summed E-state index contributed by atoms with van der Waals surface area (Å²) in [6.07, 6.45) is 3.09. The molecule has 1 amide bonds. The van der Waals surface area contributed by atoms with Gasteiger partial charge in [-0.2, -0.15) is 0 Å². The highest BCUT2D eigenvalue weighted by Gasteiger charge is 2.47. The van der Waals surface area contributed by atoms with E-state index in [-0.39, 0.29) is 18.6 Å². The third-order valence-electron chi connectivity index (χ3n) is 6.95. The Balaban J connectivity index is 1.56. The van der Waals surface area contributed by atoms with Crippen LogP contribution in [-0.4, -0.2) is 40.3 Å². The average molecular weight is 422 g/mol. The Morgan fingerprint density at radius 1 is 1.06 bits per heavy atom. The molecule has 0 aliphatic heterocycles. The number of fused-ring (bicyclic) bond motifs is 3. The van der Waals surface area contributed by atoms with Crippen molar-refractivity contribution in [3.8, 4) is 11.1 Å². The van der Waals surface area contributed by atoms with Crippen LogP contribution in [0.5, 0.6) is 0 Å². The van der Waals surface area contributed by atoms with Crippen molar-refractivity contribution < 1.29 is 19.4 Å². The molecule has 0 radical (unpaired) electrons. The first-order valence-corrected chi connectivity index (χ1v) is 11.2. The van der Waals surface area contributed by atoms with Gasteiger partial charge in [0.25, 0.3) is 0 Å². The van der Waals surface area contributed by atoms with Gasteiger partial charge in [0.2, 0.25) is 0 Å². The highest BCUT2D eigenvalue weighted by Crippen LogP contribution is 2.45. The van der Waals surface area contributed by atoms with Crippen molar-refractivity contribution in [2.45, 2.75) is 64.0 Å². The Bertz CT molecular complexity index is 935. The van der Waals surface area contributed by atoms with E-state index in [0.717, 1.165) is 30.4 Å². The molecule has 2 aliphatic rings. The maximum Gasteiger partial charge on any atom is 0.410 e. The van der Waals surface area contributed by atoms with E-state index in [1.54, 1.807) is 6.92 Å². The zero-order chi connectivity index (χ0) is 22.2. The monoisotopic (exact) mass is 421 g/mol. The van der Waals surface area contributed by atoms with E-state index in [9.17, 15) is 14.7 Å². The minimum absolute atomic E-state index is 0.0481. The Morgan fingerprint density at radius 3 is 2.06 bits per heavy atom. The van der Waals surface area contributed by atoms with Crippen LogP contribution in [-0.2, 0) is 9.53 Å². The number of amides is 1. The number of nitrogens with zero attached hydrogens (tertiary/aromatic N) is 1. The Labute approximate surface area is 184 Å². The molecule has 1 unspecified atom stereocenters. The van der Waals surface area contributed by atoms with Gasteiger partial charge in [0.1, 0.15) is 12.1 Å². The molecule has 0 saturated heterocycles. The van der Waals surface area contributed by atoms with Gasteiger partial charge in [0, 0.05) is 12.0 Å². The molecule has 0 bridgehead atoms. The molecule has 5 heteroatoms. The number of carboxylic acids is 1. The molecule has 4 rings (SSSR count). The number of aliphatic carboxylic acids is 1. The fourth-order valence-corrected chi connectivity index (χ4v) is 5.19. The van der Waals surface area contributed by atoms with E-state index < -0.39 is 17.6 Å². The fourth-order valence-electron chi connectivity index (χ4n) is 5.19. The van der Waals surface area contributed by atoms with Gasteiger partial charge in [-0.3, -0.25) is 4.90 Å². The second-order valence-electron chi connectivity index (χ2n) is 9.35. The molecule has 5 nitrogen and oxygen atoms in total. The first-order chi connectivity index (χ1) is 14.8. The van der Waals surface area contributed by atoms with Gasteiger partial charge in [-0.05, 0) is 55.4 Å². The number of benzene rings is 2. The predicted octanol–water partition coefficient (Wildman–Crippen LogP) is 5.68. The third kappa shape index (κ3) is 3.82. The smallest absolute Gasteiger partial charge is 0.410 e. The summed E-state index contributed by atoms with van der Waals surface area (Å²) < 4.78 is 5.82. The fraction of sp³-hybridized carbons (Fsp3) is 0.462. The van der Waals surface area contributed by atoms with Crippen LogP contribution in [0.4, 0.5) is 4.79 Å². The number of carboxylic acid groups (broad SMARTS) is 1. The van der Waals surface area contributed by atoms with E-state index in [1.165, 1.54) is 16.0 Å². The summed E-state index contributed by atoms with van der Waals surface area (Å²) in [4.78, 5) is 27.0. The van der Waals surface area contributed by atoms with E-state index in [4.69, 9.17) is 4.74 Å². The van der Waals surface area contributed by atoms with Gasteiger partial charge in [-0.25, -0.2) is 9.59 Å². The lowest BCUT2D eigenvalue weighted by atomic mass is 9.75. The minimum atomic E-state index is -1.28. The summed E-state index contributed by atoms with van der Waals surface area (Å²) in [5.74, 6) is -0.668. The maximum absolute atomic E-state index is 13.2.